The highest BCUT2D eigenvalue weighted by Crippen LogP contribution is 2.44. The van der Waals surface area contributed by atoms with E-state index in [2.05, 4.69) is 25.3 Å². The second-order valence-electron chi connectivity index (χ2n) is 4.97. The molecule has 120 valence electrons. The minimum absolute atomic E-state index is 0.282. The minimum Gasteiger partial charge on any atom is -0.462 e. The Balaban J connectivity index is 1.89. The lowest BCUT2D eigenvalue weighted by atomic mass is 10.1. The first kappa shape index (κ1) is 14.7. The van der Waals surface area contributed by atoms with Crippen molar-refractivity contribution in [1.82, 2.24) is 19.9 Å². The molecule has 3 heterocycles. The topological polar surface area (TPSA) is 92.8 Å². The van der Waals surface area contributed by atoms with Crippen molar-refractivity contribution in [1.29, 1.82) is 0 Å². The molecule has 3 aromatic rings. The number of fused-ring (bicyclic) bond motifs is 2. The molecule has 0 unspecified atom stereocenters. The Morgan fingerprint density at radius 2 is 2.12 bits per heavy atom. The van der Waals surface area contributed by atoms with Crippen molar-refractivity contribution in [2.75, 3.05) is 11.9 Å². The van der Waals surface area contributed by atoms with Crippen molar-refractivity contribution in [3.8, 4) is 0 Å². The van der Waals surface area contributed by atoms with Gasteiger partial charge in [-0.2, -0.15) is 0 Å². The van der Waals surface area contributed by atoms with E-state index in [-0.39, 0.29) is 6.61 Å². The van der Waals surface area contributed by atoms with Crippen LogP contribution in [0.4, 0.5) is 5.69 Å². The van der Waals surface area contributed by atoms with Gasteiger partial charge in [0, 0.05) is 4.90 Å². The summed E-state index contributed by atoms with van der Waals surface area (Å²) in [5, 5.41) is 3.96. The molecule has 0 atom stereocenters. The van der Waals surface area contributed by atoms with Gasteiger partial charge in [-0.05, 0) is 19.1 Å². The van der Waals surface area contributed by atoms with Crippen molar-refractivity contribution in [3.05, 3.63) is 47.6 Å². The van der Waals surface area contributed by atoms with Crippen LogP contribution >= 0.6 is 11.8 Å². The van der Waals surface area contributed by atoms with E-state index >= 15 is 0 Å². The van der Waals surface area contributed by atoms with E-state index in [1.54, 1.807) is 6.92 Å². The SMILES string of the molecule is CCOC(=O)/C(=C1/Nc2ccccc2S1)c1ncnc2nc[nH]c12. The zero-order chi connectivity index (χ0) is 16.5. The summed E-state index contributed by atoms with van der Waals surface area (Å²) in [6, 6.07) is 7.85. The number of hydrogen-bond donors (Lipinski definition) is 2. The van der Waals surface area contributed by atoms with E-state index in [0.717, 1.165) is 10.6 Å². The molecule has 0 saturated carbocycles. The maximum Gasteiger partial charge on any atom is 0.343 e. The average Bonchev–Trinajstić information content (AvgIpc) is 3.22. The van der Waals surface area contributed by atoms with E-state index in [1.165, 1.54) is 24.4 Å². The van der Waals surface area contributed by atoms with Gasteiger partial charge in [0.15, 0.2) is 5.65 Å². The first-order valence-corrected chi connectivity index (χ1v) is 8.19. The fraction of sp³-hybridized carbons (Fsp3) is 0.125. The van der Waals surface area contributed by atoms with E-state index < -0.39 is 5.97 Å². The highest BCUT2D eigenvalue weighted by atomic mass is 32.2. The Labute approximate surface area is 141 Å². The number of hydrogen-bond acceptors (Lipinski definition) is 7. The van der Waals surface area contributed by atoms with Gasteiger partial charge in [0.2, 0.25) is 0 Å². The Kier molecular flexibility index (Phi) is 3.66. The molecule has 1 aliphatic heterocycles. The van der Waals surface area contributed by atoms with Crippen molar-refractivity contribution >= 4 is 40.2 Å². The summed E-state index contributed by atoms with van der Waals surface area (Å²) in [6.45, 7) is 2.06. The summed E-state index contributed by atoms with van der Waals surface area (Å²) < 4.78 is 5.25. The van der Waals surface area contributed by atoms with Crippen molar-refractivity contribution in [2.24, 2.45) is 0 Å². The second kappa shape index (κ2) is 5.97. The van der Waals surface area contributed by atoms with E-state index in [9.17, 15) is 4.79 Å². The number of para-hydroxylation sites is 1. The number of carbonyl (C=O) groups excluding carboxylic acids is 1. The van der Waals surface area contributed by atoms with Crippen LogP contribution in [0.15, 0.2) is 46.8 Å². The van der Waals surface area contributed by atoms with Gasteiger partial charge in [0.25, 0.3) is 0 Å². The summed E-state index contributed by atoms with van der Waals surface area (Å²) in [7, 11) is 0. The van der Waals surface area contributed by atoms with Gasteiger partial charge in [-0.25, -0.2) is 19.7 Å². The lowest BCUT2D eigenvalue weighted by Gasteiger charge is -2.10. The molecule has 8 heteroatoms. The summed E-state index contributed by atoms with van der Waals surface area (Å²) in [5.74, 6) is -0.435. The predicted octanol–water partition coefficient (Wildman–Crippen LogP) is 2.80. The molecular weight excluding hydrogens is 326 g/mol. The number of rotatable bonds is 3. The smallest absolute Gasteiger partial charge is 0.343 e. The Hall–Kier alpha value is -2.87. The molecule has 24 heavy (non-hydrogen) atoms. The maximum atomic E-state index is 12.6. The Bertz CT molecular complexity index is 939. The standard InChI is InChI=1S/C16H13N5O2S/c1-2-23-16(22)11(12-13-14(19-7-17-12)20-8-18-13)15-21-9-5-3-4-6-10(9)24-15/h3-8,21H,2H2,1H3,(H,17,18,19,20)/b15-11-. The monoisotopic (exact) mass is 339 g/mol. The molecule has 7 nitrogen and oxygen atoms in total. The molecule has 4 rings (SSSR count). The van der Waals surface area contributed by atoms with E-state index in [1.807, 2.05) is 24.3 Å². The van der Waals surface area contributed by atoms with Crippen molar-refractivity contribution in [2.45, 2.75) is 11.8 Å². The predicted molar refractivity (Wildman–Crippen MR) is 91.2 cm³/mol. The number of imidazole rings is 1. The van der Waals surface area contributed by atoms with Gasteiger partial charge in [-0.3, -0.25) is 0 Å². The molecule has 0 spiro atoms. The second-order valence-corrected chi connectivity index (χ2v) is 6.02. The van der Waals surface area contributed by atoms with Gasteiger partial charge < -0.3 is 15.0 Å². The number of nitrogens with one attached hydrogen (secondary N) is 2. The van der Waals surface area contributed by atoms with Gasteiger partial charge in [-0.1, -0.05) is 23.9 Å². The molecule has 2 aromatic heterocycles. The highest BCUT2D eigenvalue weighted by Gasteiger charge is 2.28. The fourth-order valence-corrected chi connectivity index (χ4v) is 3.52. The van der Waals surface area contributed by atoms with Gasteiger partial charge in [0.1, 0.15) is 23.1 Å². The first-order valence-electron chi connectivity index (χ1n) is 7.37. The zero-order valence-corrected chi connectivity index (χ0v) is 13.6. The summed E-state index contributed by atoms with van der Waals surface area (Å²) >= 11 is 1.48. The third-order valence-electron chi connectivity index (χ3n) is 3.51. The van der Waals surface area contributed by atoms with Crippen molar-refractivity contribution < 1.29 is 9.53 Å². The van der Waals surface area contributed by atoms with E-state index in [4.69, 9.17) is 4.74 Å². The molecule has 0 saturated heterocycles. The number of nitrogens with zero attached hydrogens (tertiary/aromatic N) is 3. The van der Waals surface area contributed by atoms with Crippen LogP contribution in [0.3, 0.4) is 0 Å². The Morgan fingerprint density at radius 1 is 1.25 bits per heavy atom. The van der Waals surface area contributed by atoms with Gasteiger partial charge in [-0.15, -0.1) is 0 Å². The largest absolute Gasteiger partial charge is 0.462 e. The lowest BCUT2D eigenvalue weighted by Crippen LogP contribution is -2.12. The summed E-state index contributed by atoms with van der Waals surface area (Å²) in [5.41, 5.74) is 2.90. The quantitative estimate of drug-likeness (QED) is 0.560. The molecule has 1 aliphatic rings. The Morgan fingerprint density at radius 3 is 2.96 bits per heavy atom. The molecule has 1 aromatic carbocycles. The number of thioether (sulfide) groups is 1. The molecule has 0 bridgehead atoms. The molecule has 0 amide bonds. The van der Waals surface area contributed by atoms with Crippen LogP contribution in [-0.2, 0) is 9.53 Å². The number of ether oxygens (including phenoxy) is 1. The van der Waals surface area contributed by atoms with Gasteiger partial charge >= 0.3 is 5.97 Å². The lowest BCUT2D eigenvalue weighted by molar-refractivity contribution is -0.136. The fourth-order valence-electron chi connectivity index (χ4n) is 2.48. The number of H-pyrrole nitrogens is 1. The van der Waals surface area contributed by atoms with Crippen LogP contribution in [-0.4, -0.2) is 32.5 Å². The first-order chi connectivity index (χ1) is 11.8. The number of anilines is 1. The molecular formula is C16H13N5O2S. The summed E-state index contributed by atoms with van der Waals surface area (Å²) in [6.07, 6.45) is 2.92. The van der Waals surface area contributed by atoms with Crippen LogP contribution in [0, 0.1) is 0 Å². The number of carbonyl (C=O) groups is 1. The van der Waals surface area contributed by atoms with Crippen LogP contribution in [0.5, 0.6) is 0 Å². The average molecular weight is 339 g/mol. The highest BCUT2D eigenvalue weighted by molar-refractivity contribution is 8.04. The minimum atomic E-state index is -0.435. The summed E-state index contributed by atoms with van der Waals surface area (Å²) in [4.78, 5) is 29.2. The molecule has 2 N–H and O–H groups in total. The van der Waals surface area contributed by atoms with Gasteiger partial charge in [0.05, 0.1) is 23.7 Å². The van der Waals surface area contributed by atoms with Crippen LogP contribution in [0.1, 0.15) is 12.6 Å². The normalized spacial score (nSPS) is 15.0. The maximum absolute atomic E-state index is 12.6. The number of benzene rings is 1. The van der Waals surface area contributed by atoms with Crippen LogP contribution in [0.2, 0.25) is 0 Å². The third-order valence-corrected chi connectivity index (χ3v) is 4.60. The van der Waals surface area contributed by atoms with Crippen LogP contribution < -0.4 is 5.32 Å². The number of aromatic nitrogens is 4. The molecule has 0 aliphatic carbocycles. The molecule has 0 radical (unpaired) electrons. The molecule has 0 fully saturated rings. The van der Waals surface area contributed by atoms with Crippen LogP contribution in [0.25, 0.3) is 16.7 Å². The van der Waals surface area contributed by atoms with E-state index in [0.29, 0.717) is 27.5 Å². The zero-order valence-electron chi connectivity index (χ0n) is 12.7. The number of esters is 1. The number of aromatic amines is 1. The third kappa shape index (κ3) is 2.41. The van der Waals surface area contributed by atoms with Crippen molar-refractivity contribution in [3.63, 3.8) is 0 Å².